The topological polar surface area (TPSA) is 73.9 Å². The minimum absolute atomic E-state index is 0.132. The van der Waals surface area contributed by atoms with E-state index in [-0.39, 0.29) is 22.9 Å². The Morgan fingerprint density at radius 2 is 1.95 bits per heavy atom. The lowest BCUT2D eigenvalue weighted by Gasteiger charge is -2.44. The fraction of sp³-hybridized carbons (Fsp3) is 0.846. The van der Waals surface area contributed by atoms with Crippen molar-refractivity contribution in [3.8, 4) is 0 Å². The summed E-state index contributed by atoms with van der Waals surface area (Å²) < 4.78 is 6.26. The lowest BCUT2D eigenvalue weighted by atomic mass is 9.82. The normalized spacial score (nSPS) is 24.2. The van der Waals surface area contributed by atoms with Crippen LogP contribution in [-0.2, 0) is 14.1 Å². The average molecular weight is 321 g/mol. The van der Waals surface area contributed by atoms with Gasteiger partial charge in [-0.1, -0.05) is 25.9 Å². The van der Waals surface area contributed by atoms with Crippen molar-refractivity contribution in [2.75, 3.05) is 5.88 Å². The highest BCUT2D eigenvalue weighted by Gasteiger charge is 2.43. The summed E-state index contributed by atoms with van der Waals surface area (Å²) >= 11 is 5.30. The molecule has 2 N–H and O–H groups in total. The van der Waals surface area contributed by atoms with Crippen molar-refractivity contribution in [2.45, 2.75) is 57.8 Å². The van der Waals surface area contributed by atoms with Crippen LogP contribution >= 0.6 is 11.6 Å². The predicted octanol–water partition coefficient (Wildman–Crippen LogP) is 2.84. The van der Waals surface area contributed by atoms with Crippen LogP contribution in [0.5, 0.6) is 0 Å². The summed E-state index contributed by atoms with van der Waals surface area (Å²) in [6.45, 7) is 11.1. The Bertz CT molecular complexity index is 388. The van der Waals surface area contributed by atoms with Gasteiger partial charge in [0.25, 0.3) is 0 Å². The molecule has 0 heterocycles. The highest BCUT2D eigenvalue weighted by Crippen LogP contribution is 2.41. The maximum absolute atomic E-state index is 10.9. The van der Waals surface area contributed by atoms with Crippen molar-refractivity contribution in [3.63, 3.8) is 0 Å². The van der Waals surface area contributed by atoms with Crippen molar-refractivity contribution in [2.24, 2.45) is 16.8 Å². The zero-order chi connectivity index (χ0) is 15.6. The fourth-order valence-electron chi connectivity index (χ4n) is 1.70. The third-order valence-corrected chi connectivity index (χ3v) is 8.90. The van der Waals surface area contributed by atoms with Crippen LogP contribution in [0.2, 0.25) is 18.1 Å². The molecular weight excluding hydrogens is 296 g/mol. The van der Waals surface area contributed by atoms with Gasteiger partial charge in [0, 0.05) is 12.0 Å². The molecule has 1 saturated carbocycles. The molecule has 7 heteroatoms. The summed E-state index contributed by atoms with van der Waals surface area (Å²) in [4.78, 5) is 15.4. The Morgan fingerprint density at radius 1 is 1.40 bits per heavy atom. The lowest BCUT2D eigenvalue weighted by Crippen LogP contribution is -2.49. The van der Waals surface area contributed by atoms with Gasteiger partial charge >= 0.3 is 5.97 Å². The second-order valence-electron chi connectivity index (χ2n) is 6.78. The minimum atomic E-state index is -1.73. The maximum Gasteiger partial charge on any atom is 0.349 e. The summed E-state index contributed by atoms with van der Waals surface area (Å²) in [6.07, 6.45) is 1.90. The number of rotatable bonds is 5. The fourth-order valence-corrected chi connectivity index (χ4v) is 3.13. The summed E-state index contributed by atoms with van der Waals surface area (Å²) in [5.74, 6) is -0.340. The first-order valence-corrected chi connectivity index (χ1v) is 10.3. The van der Waals surface area contributed by atoms with Crippen LogP contribution in [0.1, 0.15) is 33.6 Å². The highest BCUT2D eigenvalue weighted by atomic mass is 35.5. The molecule has 0 unspecified atom stereocenters. The van der Waals surface area contributed by atoms with Gasteiger partial charge < -0.3 is 15.0 Å². The number of alkyl halides is 1. The van der Waals surface area contributed by atoms with Crippen molar-refractivity contribution in [1.82, 2.24) is 0 Å². The standard InChI is InChI=1S/C13H25ClN2O3Si/c1-13(2,3)20(4,5)19-10-6-9(7-10)12(15)16-18-11(17)8-14/h9-10H,6-8H2,1-5H3,(H2,15,16). The number of nitrogens with zero attached hydrogens (tertiary/aromatic N) is 1. The number of oxime groups is 1. The summed E-state index contributed by atoms with van der Waals surface area (Å²) in [6, 6.07) is 0. The molecule has 0 radical (unpaired) electrons. The number of hydrogen-bond donors (Lipinski definition) is 1. The molecule has 0 amide bonds. The van der Waals surface area contributed by atoms with Crippen LogP contribution in [0, 0.1) is 5.92 Å². The SMILES string of the molecule is CC(C)(C)[Si](C)(C)OC1CC(/C(N)=N/OC(=O)CCl)C1. The molecule has 1 rings (SSSR count). The van der Waals surface area contributed by atoms with E-state index in [1.165, 1.54) is 0 Å². The van der Waals surface area contributed by atoms with E-state index in [1.54, 1.807) is 0 Å². The van der Waals surface area contributed by atoms with Crippen LogP contribution in [0.15, 0.2) is 5.16 Å². The smallest absolute Gasteiger partial charge is 0.349 e. The summed E-state index contributed by atoms with van der Waals surface area (Å²) in [7, 11) is -1.73. The Hall–Kier alpha value is -0.593. The molecule has 0 aromatic heterocycles. The Labute approximate surface area is 126 Å². The molecule has 0 atom stereocenters. The van der Waals surface area contributed by atoms with Crippen molar-refractivity contribution < 1.29 is 14.1 Å². The van der Waals surface area contributed by atoms with E-state index >= 15 is 0 Å². The molecule has 116 valence electrons. The quantitative estimate of drug-likeness (QED) is 0.211. The van der Waals surface area contributed by atoms with Crippen LogP contribution in [0.25, 0.3) is 0 Å². The summed E-state index contributed by atoms with van der Waals surface area (Å²) in [5, 5.41) is 3.81. The van der Waals surface area contributed by atoms with Crippen LogP contribution < -0.4 is 5.73 Å². The number of nitrogens with two attached hydrogens (primary N) is 1. The number of carbonyl (C=O) groups is 1. The first kappa shape index (κ1) is 17.5. The van der Waals surface area contributed by atoms with E-state index in [1.807, 2.05) is 0 Å². The molecule has 0 saturated heterocycles. The largest absolute Gasteiger partial charge is 0.414 e. The predicted molar refractivity (Wildman–Crippen MR) is 83.2 cm³/mol. The van der Waals surface area contributed by atoms with Crippen LogP contribution in [0.3, 0.4) is 0 Å². The maximum atomic E-state index is 10.9. The summed E-state index contributed by atoms with van der Waals surface area (Å²) in [5.41, 5.74) is 5.78. The van der Waals surface area contributed by atoms with Crippen molar-refractivity contribution in [3.05, 3.63) is 0 Å². The van der Waals surface area contributed by atoms with Gasteiger partial charge in [0.2, 0.25) is 0 Å². The van der Waals surface area contributed by atoms with Crippen LogP contribution in [-0.4, -0.2) is 32.1 Å². The number of carbonyl (C=O) groups excluding carboxylic acids is 1. The molecular formula is C13H25ClN2O3Si. The lowest BCUT2D eigenvalue weighted by molar-refractivity contribution is -0.140. The Kier molecular flexibility index (Phi) is 5.63. The number of hydrogen-bond acceptors (Lipinski definition) is 4. The third kappa shape index (κ3) is 4.46. The van der Waals surface area contributed by atoms with Crippen LogP contribution in [0.4, 0.5) is 0 Å². The molecule has 1 aliphatic rings. The van der Waals surface area contributed by atoms with Gasteiger partial charge in [-0.3, -0.25) is 0 Å². The van der Waals surface area contributed by atoms with E-state index in [0.29, 0.717) is 5.84 Å². The van der Waals surface area contributed by atoms with E-state index in [9.17, 15) is 4.79 Å². The van der Waals surface area contributed by atoms with E-state index in [4.69, 9.17) is 21.8 Å². The molecule has 20 heavy (non-hydrogen) atoms. The Balaban J connectivity index is 2.41. The van der Waals surface area contributed by atoms with Gasteiger partial charge in [-0.2, -0.15) is 0 Å². The highest BCUT2D eigenvalue weighted by molar-refractivity contribution is 6.74. The second-order valence-corrected chi connectivity index (χ2v) is 11.8. The Morgan fingerprint density at radius 3 is 2.40 bits per heavy atom. The molecule has 1 aliphatic carbocycles. The first-order chi connectivity index (χ1) is 9.06. The monoisotopic (exact) mass is 320 g/mol. The first-order valence-electron chi connectivity index (χ1n) is 6.84. The zero-order valence-electron chi connectivity index (χ0n) is 12.9. The van der Waals surface area contributed by atoms with Crippen molar-refractivity contribution in [1.29, 1.82) is 0 Å². The van der Waals surface area contributed by atoms with Gasteiger partial charge in [0.05, 0.1) is 0 Å². The average Bonchev–Trinajstić information content (AvgIpc) is 2.28. The van der Waals surface area contributed by atoms with E-state index in [0.717, 1.165) is 12.8 Å². The number of amidine groups is 1. The van der Waals surface area contributed by atoms with Gasteiger partial charge in [-0.05, 0) is 31.0 Å². The second kappa shape index (κ2) is 6.45. The molecule has 0 aliphatic heterocycles. The third-order valence-electron chi connectivity index (χ3n) is 4.14. The molecule has 0 bridgehead atoms. The molecule has 5 nitrogen and oxygen atoms in total. The molecule has 1 fully saturated rings. The minimum Gasteiger partial charge on any atom is -0.414 e. The van der Waals surface area contributed by atoms with E-state index in [2.05, 4.69) is 43.9 Å². The molecule has 0 aromatic carbocycles. The van der Waals surface area contributed by atoms with Gasteiger partial charge in [0.1, 0.15) is 11.7 Å². The van der Waals surface area contributed by atoms with Gasteiger partial charge in [-0.25, -0.2) is 4.79 Å². The molecule has 0 spiro atoms. The van der Waals surface area contributed by atoms with Crippen molar-refractivity contribution >= 4 is 31.7 Å². The van der Waals surface area contributed by atoms with E-state index < -0.39 is 14.3 Å². The number of halogens is 1. The van der Waals surface area contributed by atoms with Gasteiger partial charge in [-0.15, -0.1) is 11.6 Å². The molecule has 0 aromatic rings. The zero-order valence-corrected chi connectivity index (χ0v) is 14.7. The van der Waals surface area contributed by atoms with Gasteiger partial charge in [0.15, 0.2) is 8.32 Å².